The number of aliphatic hydroxyl groups excluding tert-OH is 1. The number of anilines is 1. The van der Waals surface area contributed by atoms with Gasteiger partial charge in [-0.2, -0.15) is 0 Å². The summed E-state index contributed by atoms with van der Waals surface area (Å²) in [4.78, 5) is 9.04. The molecule has 0 aliphatic rings. The Hall–Kier alpha value is -3.38. The van der Waals surface area contributed by atoms with Crippen LogP contribution in [0.15, 0.2) is 67.1 Å². The lowest BCUT2D eigenvalue weighted by atomic mass is 10.0. The standard InChI is InChI=1S/C22H22N4O2/c1-15(27)14-28-19-8-10-22-25-20(13-26(22)12-19)17-5-3-16(4-6-17)18-7-9-21(23-2)24-11-18/h3-13,15,27H,14H2,1-2H3,(H,23,24). The lowest BCUT2D eigenvalue weighted by Gasteiger charge is -2.07. The van der Waals surface area contributed by atoms with E-state index in [0.717, 1.165) is 33.8 Å². The number of aliphatic hydroxyl groups is 1. The van der Waals surface area contributed by atoms with Crippen LogP contribution in [0.25, 0.3) is 28.0 Å². The van der Waals surface area contributed by atoms with E-state index in [9.17, 15) is 5.11 Å². The third-order valence-corrected chi connectivity index (χ3v) is 4.45. The fourth-order valence-corrected chi connectivity index (χ4v) is 2.96. The van der Waals surface area contributed by atoms with Gasteiger partial charge in [0.15, 0.2) is 0 Å². The van der Waals surface area contributed by atoms with Gasteiger partial charge in [0.1, 0.15) is 23.8 Å². The first-order valence-electron chi connectivity index (χ1n) is 9.16. The molecule has 0 aliphatic carbocycles. The van der Waals surface area contributed by atoms with E-state index in [2.05, 4.69) is 39.6 Å². The van der Waals surface area contributed by atoms with Crippen molar-refractivity contribution >= 4 is 11.5 Å². The summed E-state index contributed by atoms with van der Waals surface area (Å²) >= 11 is 0. The minimum Gasteiger partial charge on any atom is -0.489 e. The number of aromatic nitrogens is 3. The molecule has 0 aliphatic heterocycles. The quantitative estimate of drug-likeness (QED) is 0.536. The highest BCUT2D eigenvalue weighted by Crippen LogP contribution is 2.25. The summed E-state index contributed by atoms with van der Waals surface area (Å²) in [5, 5.41) is 12.4. The Bertz CT molecular complexity index is 1070. The lowest BCUT2D eigenvalue weighted by molar-refractivity contribution is 0.122. The minimum atomic E-state index is -0.503. The van der Waals surface area contributed by atoms with Crippen molar-refractivity contribution in [1.29, 1.82) is 0 Å². The summed E-state index contributed by atoms with van der Waals surface area (Å²) in [6.45, 7) is 1.96. The van der Waals surface area contributed by atoms with Crippen LogP contribution in [0.1, 0.15) is 6.92 Å². The maximum absolute atomic E-state index is 9.36. The van der Waals surface area contributed by atoms with Crippen molar-refractivity contribution in [3.05, 3.63) is 67.1 Å². The fraction of sp³-hybridized carbons (Fsp3) is 0.182. The molecular formula is C22H22N4O2. The van der Waals surface area contributed by atoms with Crippen LogP contribution in [-0.2, 0) is 0 Å². The van der Waals surface area contributed by atoms with Crippen LogP contribution in [-0.4, -0.2) is 39.2 Å². The van der Waals surface area contributed by atoms with Gasteiger partial charge in [0.05, 0.1) is 18.0 Å². The second kappa shape index (κ2) is 7.70. The Kier molecular flexibility index (Phi) is 4.95. The van der Waals surface area contributed by atoms with Gasteiger partial charge in [-0.15, -0.1) is 0 Å². The summed E-state index contributed by atoms with van der Waals surface area (Å²) in [6.07, 6.45) is 5.21. The van der Waals surface area contributed by atoms with Gasteiger partial charge < -0.3 is 19.6 Å². The van der Waals surface area contributed by atoms with E-state index in [-0.39, 0.29) is 6.61 Å². The molecule has 0 saturated carbocycles. The van der Waals surface area contributed by atoms with Crippen LogP contribution in [0.4, 0.5) is 5.82 Å². The molecule has 0 amide bonds. The van der Waals surface area contributed by atoms with Gasteiger partial charge in [-0.1, -0.05) is 24.3 Å². The van der Waals surface area contributed by atoms with Gasteiger partial charge in [0.25, 0.3) is 0 Å². The second-order valence-electron chi connectivity index (χ2n) is 6.68. The summed E-state index contributed by atoms with van der Waals surface area (Å²) in [5.74, 6) is 1.55. The van der Waals surface area contributed by atoms with E-state index >= 15 is 0 Å². The first kappa shape index (κ1) is 18.0. The number of ether oxygens (including phenoxy) is 1. The molecule has 28 heavy (non-hydrogen) atoms. The number of rotatable bonds is 6. The number of pyridine rings is 2. The van der Waals surface area contributed by atoms with Gasteiger partial charge in [0, 0.05) is 30.6 Å². The molecule has 0 bridgehead atoms. The monoisotopic (exact) mass is 374 g/mol. The maximum Gasteiger partial charge on any atom is 0.137 e. The van der Waals surface area contributed by atoms with Crippen molar-refractivity contribution in [3.63, 3.8) is 0 Å². The number of imidazole rings is 1. The van der Waals surface area contributed by atoms with Crippen LogP contribution < -0.4 is 10.1 Å². The molecule has 0 radical (unpaired) electrons. The van der Waals surface area contributed by atoms with Crippen LogP contribution in [0.5, 0.6) is 5.75 Å². The van der Waals surface area contributed by atoms with Crippen molar-refractivity contribution in [1.82, 2.24) is 14.4 Å². The molecule has 6 nitrogen and oxygen atoms in total. The molecule has 1 aromatic carbocycles. The molecule has 142 valence electrons. The Morgan fingerprint density at radius 1 is 1.00 bits per heavy atom. The van der Waals surface area contributed by atoms with E-state index in [0.29, 0.717) is 5.75 Å². The third kappa shape index (κ3) is 3.82. The Labute approximate surface area is 163 Å². The Morgan fingerprint density at radius 3 is 2.43 bits per heavy atom. The predicted molar refractivity (Wildman–Crippen MR) is 111 cm³/mol. The highest BCUT2D eigenvalue weighted by atomic mass is 16.5. The van der Waals surface area contributed by atoms with Gasteiger partial charge >= 0.3 is 0 Å². The third-order valence-electron chi connectivity index (χ3n) is 4.45. The molecule has 0 spiro atoms. The Morgan fingerprint density at radius 2 is 1.75 bits per heavy atom. The molecule has 1 unspecified atom stereocenters. The van der Waals surface area contributed by atoms with Crippen LogP contribution in [0, 0.1) is 0 Å². The first-order chi connectivity index (χ1) is 13.6. The number of hydrogen-bond acceptors (Lipinski definition) is 5. The van der Waals surface area contributed by atoms with Gasteiger partial charge in [-0.3, -0.25) is 0 Å². The van der Waals surface area contributed by atoms with Gasteiger partial charge in [-0.25, -0.2) is 9.97 Å². The van der Waals surface area contributed by atoms with E-state index in [1.54, 1.807) is 6.92 Å². The van der Waals surface area contributed by atoms with Gasteiger partial charge in [0.2, 0.25) is 0 Å². The molecule has 6 heteroatoms. The zero-order valence-electron chi connectivity index (χ0n) is 15.8. The van der Waals surface area contributed by atoms with E-state index in [1.165, 1.54) is 0 Å². The maximum atomic E-state index is 9.36. The van der Waals surface area contributed by atoms with Crippen molar-refractivity contribution < 1.29 is 9.84 Å². The second-order valence-corrected chi connectivity index (χ2v) is 6.68. The normalized spacial score (nSPS) is 12.1. The summed E-state index contributed by atoms with van der Waals surface area (Å²) in [5.41, 5.74) is 4.95. The predicted octanol–water partition coefficient (Wildman–Crippen LogP) is 3.86. The first-order valence-corrected chi connectivity index (χ1v) is 9.16. The summed E-state index contributed by atoms with van der Waals surface area (Å²) < 4.78 is 7.49. The van der Waals surface area contributed by atoms with Crippen molar-refractivity contribution in [2.45, 2.75) is 13.0 Å². The lowest BCUT2D eigenvalue weighted by Crippen LogP contribution is -2.12. The molecule has 4 rings (SSSR count). The van der Waals surface area contributed by atoms with Crippen molar-refractivity contribution in [2.24, 2.45) is 0 Å². The average Bonchev–Trinajstić information content (AvgIpc) is 3.16. The van der Waals surface area contributed by atoms with Crippen LogP contribution in [0.3, 0.4) is 0 Å². The number of nitrogens with zero attached hydrogens (tertiary/aromatic N) is 3. The number of fused-ring (bicyclic) bond motifs is 1. The highest BCUT2D eigenvalue weighted by Gasteiger charge is 2.07. The molecular weight excluding hydrogens is 352 g/mol. The zero-order valence-corrected chi connectivity index (χ0v) is 15.8. The fourth-order valence-electron chi connectivity index (χ4n) is 2.96. The topological polar surface area (TPSA) is 71.7 Å². The van der Waals surface area contributed by atoms with E-state index in [4.69, 9.17) is 4.74 Å². The average molecular weight is 374 g/mol. The summed E-state index contributed by atoms with van der Waals surface area (Å²) in [7, 11) is 1.86. The minimum absolute atomic E-state index is 0.263. The van der Waals surface area contributed by atoms with Gasteiger partial charge in [-0.05, 0) is 36.8 Å². The van der Waals surface area contributed by atoms with Crippen LogP contribution >= 0.6 is 0 Å². The molecule has 1 atom stereocenters. The van der Waals surface area contributed by atoms with E-state index < -0.39 is 6.10 Å². The van der Waals surface area contributed by atoms with Crippen molar-refractivity contribution in [2.75, 3.05) is 19.0 Å². The molecule has 0 saturated heterocycles. The largest absolute Gasteiger partial charge is 0.489 e. The number of benzene rings is 1. The number of nitrogens with one attached hydrogen (secondary N) is 1. The Balaban J connectivity index is 1.57. The van der Waals surface area contributed by atoms with E-state index in [1.807, 2.05) is 54.3 Å². The van der Waals surface area contributed by atoms with Crippen LogP contribution in [0.2, 0.25) is 0 Å². The summed E-state index contributed by atoms with van der Waals surface area (Å²) in [6, 6.07) is 16.1. The smallest absolute Gasteiger partial charge is 0.137 e. The molecule has 3 heterocycles. The molecule has 0 fully saturated rings. The zero-order chi connectivity index (χ0) is 19.5. The number of hydrogen-bond donors (Lipinski definition) is 2. The molecule has 3 aromatic heterocycles. The molecule has 4 aromatic rings. The SMILES string of the molecule is CNc1ccc(-c2ccc(-c3cn4cc(OCC(C)O)ccc4n3)cc2)cn1. The van der Waals surface area contributed by atoms with Crippen molar-refractivity contribution in [3.8, 4) is 28.1 Å². The molecule has 2 N–H and O–H groups in total. The highest BCUT2D eigenvalue weighted by molar-refractivity contribution is 5.70.